The van der Waals surface area contributed by atoms with Gasteiger partial charge >= 0.3 is 0 Å². The summed E-state index contributed by atoms with van der Waals surface area (Å²) in [6.45, 7) is 2.24. The van der Waals surface area contributed by atoms with Crippen molar-refractivity contribution >= 4 is 44.2 Å². The second-order valence-electron chi connectivity index (χ2n) is 6.14. The van der Waals surface area contributed by atoms with E-state index in [-0.39, 0.29) is 0 Å². The molecule has 5 rings (SSSR count). The van der Waals surface area contributed by atoms with Gasteiger partial charge in [-0.15, -0.1) is 34.0 Å². The minimum absolute atomic E-state index is 1.03. The summed E-state index contributed by atoms with van der Waals surface area (Å²) in [6, 6.07) is 21.9. The summed E-state index contributed by atoms with van der Waals surface area (Å²) < 4.78 is 3.84. The van der Waals surface area contributed by atoms with Gasteiger partial charge < -0.3 is 4.57 Å². The number of aryl methyl sites for hydroxylation is 1. The lowest BCUT2D eigenvalue weighted by molar-refractivity contribution is 0.975. The van der Waals surface area contributed by atoms with E-state index in [1.165, 1.54) is 41.8 Å². The molecule has 0 fully saturated rings. The third kappa shape index (κ3) is 2.49. The van der Waals surface area contributed by atoms with Crippen LogP contribution in [-0.4, -0.2) is 4.57 Å². The normalized spacial score (nSPS) is 11.4. The third-order valence-electron chi connectivity index (χ3n) is 4.61. The molecule has 26 heavy (non-hydrogen) atoms. The first-order valence-electron chi connectivity index (χ1n) is 8.67. The molecule has 0 aliphatic heterocycles. The topological polar surface area (TPSA) is 4.93 Å². The van der Waals surface area contributed by atoms with Crippen LogP contribution >= 0.6 is 34.0 Å². The zero-order valence-corrected chi connectivity index (χ0v) is 16.8. The number of aromatic nitrogens is 1. The quantitative estimate of drug-likeness (QED) is 0.296. The molecule has 0 amide bonds. The molecule has 0 bridgehead atoms. The second kappa shape index (κ2) is 6.54. The predicted octanol–water partition coefficient (Wildman–Crippen LogP) is 7.71. The van der Waals surface area contributed by atoms with Crippen molar-refractivity contribution in [2.24, 2.45) is 0 Å². The molecule has 0 atom stereocenters. The maximum Gasteiger partial charge on any atom is 0.0997 e. The lowest BCUT2D eigenvalue weighted by Gasteiger charge is -2.10. The molecular weight excluding hydrogens is 374 g/mol. The number of hydrogen-bond acceptors (Lipinski definition) is 3. The van der Waals surface area contributed by atoms with Crippen LogP contribution in [0.25, 0.3) is 36.1 Å². The minimum Gasteiger partial charge on any atom is -0.304 e. The Hall–Kier alpha value is -2.14. The van der Waals surface area contributed by atoms with Gasteiger partial charge in [0.25, 0.3) is 0 Å². The number of benzene rings is 1. The zero-order chi connectivity index (χ0) is 17.5. The van der Waals surface area contributed by atoms with Crippen LogP contribution in [0.2, 0.25) is 0 Å². The highest BCUT2D eigenvalue weighted by molar-refractivity contribution is 7.24. The van der Waals surface area contributed by atoms with Gasteiger partial charge in [-0.3, -0.25) is 0 Å². The maximum atomic E-state index is 2.47. The first kappa shape index (κ1) is 16.1. The Balaban J connectivity index is 1.90. The average molecular weight is 392 g/mol. The van der Waals surface area contributed by atoms with Crippen LogP contribution < -0.4 is 0 Å². The molecule has 0 saturated carbocycles. The number of hydrogen-bond donors (Lipinski definition) is 0. The van der Waals surface area contributed by atoms with Crippen molar-refractivity contribution in [3.05, 3.63) is 77.1 Å². The van der Waals surface area contributed by atoms with Crippen LogP contribution in [0.4, 0.5) is 0 Å². The van der Waals surface area contributed by atoms with Crippen LogP contribution in [-0.2, 0) is 6.42 Å². The molecule has 4 heteroatoms. The molecule has 0 aliphatic carbocycles. The Morgan fingerprint density at radius 3 is 2.38 bits per heavy atom. The summed E-state index contributed by atoms with van der Waals surface area (Å²) in [4.78, 5) is 2.71. The monoisotopic (exact) mass is 391 g/mol. The van der Waals surface area contributed by atoms with E-state index < -0.39 is 0 Å². The van der Waals surface area contributed by atoms with Crippen molar-refractivity contribution in [1.29, 1.82) is 0 Å². The molecule has 5 aromatic rings. The summed E-state index contributed by atoms with van der Waals surface area (Å²) in [5.74, 6) is 0. The van der Waals surface area contributed by atoms with Crippen LogP contribution in [0.3, 0.4) is 0 Å². The Morgan fingerprint density at radius 2 is 1.69 bits per heavy atom. The fourth-order valence-electron chi connectivity index (χ4n) is 3.47. The van der Waals surface area contributed by atoms with E-state index in [9.17, 15) is 0 Å². The Kier molecular flexibility index (Phi) is 4.04. The van der Waals surface area contributed by atoms with Gasteiger partial charge in [0.05, 0.1) is 15.2 Å². The molecule has 0 spiro atoms. The molecule has 0 aliphatic rings. The van der Waals surface area contributed by atoms with Gasteiger partial charge in [0.2, 0.25) is 0 Å². The standard InChI is InChI=1S/C22H17NS3/c1-2-16-14-18-21(23(16)19-11-7-13-25-19)20(17-10-6-12-24-17)22(26-18)15-8-4-3-5-9-15/h3-14H,2H2,1H3. The van der Waals surface area contributed by atoms with Crippen LogP contribution in [0.5, 0.6) is 0 Å². The number of thiophene rings is 3. The largest absolute Gasteiger partial charge is 0.304 e. The van der Waals surface area contributed by atoms with Crippen molar-refractivity contribution in [3.8, 4) is 25.9 Å². The van der Waals surface area contributed by atoms with Crippen molar-refractivity contribution < 1.29 is 0 Å². The summed E-state index contributed by atoms with van der Waals surface area (Å²) in [6.07, 6.45) is 1.03. The fraction of sp³-hybridized carbons (Fsp3) is 0.0909. The van der Waals surface area contributed by atoms with Gasteiger partial charge in [0.1, 0.15) is 0 Å². The van der Waals surface area contributed by atoms with Crippen molar-refractivity contribution in [2.45, 2.75) is 13.3 Å². The van der Waals surface area contributed by atoms with Crippen molar-refractivity contribution in [2.75, 3.05) is 0 Å². The molecule has 4 aromatic heterocycles. The summed E-state index contributed by atoms with van der Waals surface area (Å²) in [5, 5.41) is 5.63. The molecule has 4 heterocycles. The Labute approximate surface area is 164 Å². The van der Waals surface area contributed by atoms with Crippen molar-refractivity contribution in [3.63, 3.8) is 0 Å². The molecular formula is C22H17NS3. The number of fused-ring (bicyclic) bond motifs is 1. The highest BCUT2D eigenvalue weighted by Crippen LogP contribution is 2.48. The van der Waals surface area contributed by atoms with E-state index in [1.54, 1.807) is 0 Å². The van der Waals surface area contributed by atoms with E-state index in [0.29, 0.717) is 0 Å². The van der Waals surface area contributed by atoms with Gasteiger partial charge in [-0.1, -0.05) is 43.3 Å². The molecule has 128 valence electrons. The Bertz CT molecular complexity index is 1140. The summed E-state index contributed by atoms with van der Waals surface area (Å²) in [7, 11) is 0. The van der Waals surface area contributed by atoms with Crippen LogP contribution in [0, 0.1) is 0 Å². The zero-order valence-electron chi connectivity index (χ0n) is 14.3. The first-order valence-corrected chi connectivity index (χ1v) is 11.2. The van der Waals surface area contributed by atoms with Gasteiger partial charge in [-0.2, -0.15) is 0 Å². The minimum atomic E-state index is 1.03. The maximum absolute atomic E-state index is 2.47. The second-order valence-corrected chi connectivity index (χ2v) is 9.06. The predicted molar refractivity (Wildman–Crippen MR) is 117 cm³/mol. The van der Waals surface area contributed by atoms with E-state index in [4.69, 9.17) is 0 Å². The van der Waals surface area contributed by atoms with Crippen molar-refractivity contribution in [1.82, 2.24) is 4.57 Å². The first-order chi connectivity index (χ1) is 12.9. The molecule has 0 saturated heterocycles. The lowest BCUT2D eigenvalue weighted by Crippen LogP contribution is -1.97. The van der Waals surface area contributed by atoms with E-state index in [2.05, 4.69) is 82.9 Å². The molecule has 1 aromatic carbocycles. The smallest absolute Gasteiger partial charge is 0.0997 e. The molecule has 1 nitrogen and oxygen atoms in total. The molecule has 0 unspecified atom stereocenters. The van der Waals surface area contributed by atoms with Gasteiger partial charge in [-0.25, -0.2) is 0 Å². The lowest BCUT2D eigenvalue weighted by atomic mass is 10.1. The van der Waals surface area contributed by atoms with Crippen LogP contribution in [0.15, 0.2) is 71.4 Å². The highest BCUT2D eigenvalue weighted by Gasteiger charge is 2.22. The van der Waals surface area contributed by atoms with E-state index in [1.807, 2.05) is 34.0 Å². The van der Waals surface area contributed by atoms with Crippen LogP contribution in [0.1, 0.15) is 12.6 Å². The highest BCUT2D eigenvalue weighted by atomic mass is 32.1. The molecule has 0 radical (unpaired) electrons. The third-order valence-corrected chi connectivity index (χ3v) is 7.53. The SMILES string of the molecule is CCc1cc2sc(-c3ccccc3)c(-c3cccs3)c2n1-c1cccs1. The number of nitrogens with zero attached hydrogens (tertiary/aromatic N) is 1. The number of rotatable bonds is 4. The summed E-state index contributed by atoms with van der Waals surface area (Å²) >= 11 is 5.54. The summed E-state index contributed by atoms with van der Waals surface area (Å²) in [5.41, 5.74) is 5.41. The van der Waals surface area contributed by atoms with E-state index in [0.717, 1.165) is 6.42 Å². The van der Waals surface area contributed by atoms with E-state index >= 15 is 0 Å². The average Bonchev–Trinajstić information content (AvgIpc) is 3.44. The Morgan fingerprint density at radius 1 is 0.885 bits per heavy atom. The fourth-order valence-corrected chi connectivity index (χ4v) is 6.35. The van der Waals surface area contributed by atoms with Gasteiger partial charge in [-0.05, 0) is 47.0 Å². The molecule has 0 N–H and O–H groups in total. The van der Waals surface area contributed by atoms with Gasteiger partial charge in [0, 0.05) is 21.0 Å². The van der Waals surface area contributed by atoms with Gasteiger partial charge in [0.15, 0.2) is 0 Å².